The Morgan fingerprint density at radius 3 is 1.61 bits per heavy atom. The van der Waals surface area contributed by atoms with Gasteiger partial charge in [0.25, 0.3) is 0 Å². The number of hydrogen-bond acceptors (Lipinski definition) is 5. The van der Waals surface area contributed by atoms with E-state index >= 15 is 0 Å². The lowest BCUT2D eigenvalue weighted by Gasteiger charge is -2.43. The van der Waals surface area contributed by atoms with Crippen LogP contribution in [0.4, 0.5) is 4.79 Å². The van der Waals surface area contributed by atoms with Crippen LogP contribution in [0.5, 0.6) is 0 Å². The summed E-state index contributed by atoms with van der Waals surface area (Å²) in [6, 6.07) is 46.8. The average Bonchev–Trinajstić information content (AvgIpc) is 3.15. The van der Waals surface area contributed by atoms with Gasteiger partial charge in [0.05, 0.1) is 18.8 Å². The summed E-state index contributed by atoms with van der Waals surface area (Å²) in [4.78, 5) is 14.9. The first-order valence-corrected chi connectivity index (χ1v) is 17.0. The Bertz CT molecular complexity index is 1680. The van der Waals surface area contributed by atoms with Gasteiger partial charge < -0.3 is 25.2 Å². The van der Waals surface area contributed by atoms with Crippen molar-refractivity contribution >= 4 is 6.03 Å². The molecule has 7 nitrogen and oxygen atoms in total. The highest BCUT2D eigenvalue weighted by Gasteiger charge is 2.39. The highest BCUT2D eigenvalue weighted by Crippen LogP contribution is 2.42. The molecule has 0 saturated carbocycles. The first kappa shape index (κ1) is 34.1. The van der Waals surface area contributed by atoms with Gasteiger partial charge in [-0.25, -0.2) is 4.79 Å². The van der Waals surface area contributed by atoms with Gasteiger partial charge in [0.2, 0.25) is 0 Å². The Morgan fingerprint density at radius 1 is 0.612 bits per heavy atom. The second-order valence-electron chi connectivity index (χ2n) is 12.7. The normalized spacial score (nSPS) is 19.0. The standard InChI is InChI=1S/C42H45N3O4/c1-31-39(29-45(27-34-13-7-3-8-14-34)28-35-15-9-4-10-16-35)48-41(49-40(31)37-21-19-36(30-46)20-22-37)38-23-17-33(18-24-38)26-44-42(47)43-25-32-11-5-2-6-12-32/h2-24,31,39-41,46H,25-30H2,1H3,(H2,43,44,47)/t31-,39+,40+,41+/m1/s1. The van der Waals surface area contributed by atoms with E-state index in [9.17, 15) is 9.90 Å². The van der Waals surface area contributed by atoms with Crippen molar-refractivity contribution in [3.05, 3.63) is 178 Å². The van der Waals surface area contributed by atoms with Crippen molar-refractivity contribution in [1.82, 2.24) is 15.5 Å². The summed E-state index contributed by atoms with van der Waals surface area (Å²) >= 11 is 0. The van der Waals surface area contributed by atoms with Crippen LogP contribution in [0.1, 0.15) is 58.3 Å². The smallest absolute Gasteiger partial charge is 0.315 e. The SMILES string of the molecule is C[C@@H]1[C@H](CN(Cc2ccccc2)Cc2ccccc2)O[C@H](c2ccc(CNC(=O)NCc3ccccc3)cc2)O[C@@H]1c1ccc(CO)cc1. The fourth-order valence-electron chi connectivity index (χ4n) is 6.27. The summed E-state index contributed by atoms with van der Waals surface area (Å²) in [7, 11) is 0. The van der Waals surface area contributed by atoms with Crippen LogP contribution >= 0.6 is 0 Å². The highest BCUT2D eigenvalue weighted by molar-refractivity contribution is 5.73. The van der Waals surface area contributed by atoms with Crippen LogP contribution in [-0.4, -0.2) is 28.7 Å². The summed E-state index contributed by atoms with van der Waals surface area (Å²) in [5, 5.41) is 15.5. The summed E-state index contributed by atoms with van der Waals surface area (Å²) < 4.78 is 13.5. The van der Waals surface area contributed by atoms with E-state index in [-0.39, 0.29) is 30.8 Å². The third-order valence-electron chi connectivity index (χ3n) is 9.06. The highest BCUT2D eigenvalue weighted by atomic mass is 16.7. The molecule has 1 aliphatic heterocycles. The number of hydrogen-bond donors (Lipinski definition) is 3. The van der Waals surface area contributed by atoms with Gasteiger partial charge in [0, 0.05) is 44.2 Å². The Kier molecular flexibility index (Phi) is 11.9. The zero-order valence-electron chi connectivity index (χ0n) is 28.0. The minimum atomic E-state index is -0.574. The molecule has 7 heteroatoms. The number of nitrogens with zero attached hydrogens (tertiary/aromatic N) is 1. The Morgan fingerprint density at radius 2 is 1.08 bits per heavy atom. The maximum Gasteiger partial charge on any atom is 0.315 e. The van der Waals surface area contributed by atoms with Crippen LogP contribution in [0.15, 0.2) is 140 Å². The number of urea groups is 1. The predicted octanol–water partition coefficient (Wildman–Crippen LogP) is 7.67. The number of ether oxygens (including phenoxy) is 2. The van der Waals surface area contributed by atoms with Crippen molar-refractivity contribution in [2.24, 2.45) is 5.92 Å². The van der Waals surface area contributed by atoms with E-state index in [0.717, 1.165) is 47.5 Å². The lowest BCUT2D eigenvalue weighted by atomic mass is 9.89. The maximum atomic E-state index is 12.4. The third kappa shape index (κ3) is 9.65. The van der Waals surface area contributed by atoms with E-state index in [1.165, 1.54) is 11.1 Å². The molecule has 1 saturated heterocycles. The van der Waals surface area contributed by atoms with Crippen molar-refractivity contribution < 1.29 is 19.4 Å². The summed E-state index contributed by atoms with van der Waals surface area (Å²) in [5.41, 5.74) is 7.38. The van der Waals surface area contributed by atoms with Gasteiger partial charge in [0.1, 0.15) is 0 Å². The van der Waals surface area contributed by atoms with E-state index < -0.39 is 6.29 Å². The predicted molar refractivity (Wildman–Crippen MR) is 192 cm³/mol. The molecule has 0 spiro atoms. The molecule has 252 valence electrons. The van der Waals surface area contributed by atoms with Crippen LogP contribution < -0.4 is 10.6 Å². The zero-order valence-corrected chi connectivity index (χ0v) is 28.0. The van der Waals surface area contributed by atoms with Gasteiger partial charge in [-0.1, -0.05) is 146 Å². The molecule has 0 aliphatic carbocycles. The molecular weight excluding hydrogens is 610 g/mol. The number of rotatable bonds is 13. The number of nitrogens with one attached hydrogen (secondary N) is 2. The number of aliphatic hydroxyl groups is 1. The van der Waals surface area contributed by atoms with Gasteiger partial charge in [-0.15, -0.1) is 0 Å². The lowest BCUT2D eigenvalue weighted by molar-refractivity contribution is -0.276. The second kappa shape index (κ2) is 17.0. The number of amides is 2. The molecule has 0 radical (unpaired) electrons. The molecule has 1 heterocycles. The molecule has 4 atom stereocenters. The number of carbonyl (C=O) groups excluding carboxylic acids is 1. The van der Waals surface area contributed by atoms with E-state index in [4.69, 9.17) is 9.47 Å². The van der Waals surface area contributed by atoms with Crippen molar-refractivity contribution in [3.63, 3.8) is 0 Å². The molecule has 1 aliphatic rings. The summed E-state index contributed by atoms with van der Waals surface area (Å²) in [6.45, 7) is 5.39. The topological polar surface area (TPSA) is 83.1 Å². The monoisotopic (exact) mass is 655 g/mol. The van der Waals surface area contributed by atoms with Crippen LogP contribution in [0.2, 0.25) is 0 Å². The number of aliphatic hydroxyl groups excluding tert-OH is 1. The fraction of sp³-hybridized carbons (Fsp3) is 0.262. The van der Waals surface area contributed by atoms with E-state index in [1.54, 1.807) is 0 Å². The lowest BCUT2D eigenvalue weighted by Crippen LogP contribution is -2.44. The van der Waals surface area contributed by atoms with Gasteiger partial charge in [-0.3, -0.25) is 4.90 Å². The van der Waals surface area contributed by atoms with Crippen molar-refractivity contribution in [3.8, 4) is 0 Å². The fourth-order valence-corrected chi connectivity index (χ4v) is 6.27. The summed E-state index contributed by atoms with van der Waals surface area (Å²) in [6.07, 6.45) is -0.903. The van der Waals surface area contributed by atoms with E-state index in [0.29, 0.717) is 13.1 Å². The molecule has 0 bridgehead atoms. The number of benzene rings is 5. The molecule has 2 amide bonds. The Balaban J connectivity index is 1.18. The molecule has 5 aromatic rings. The molecule has 1 fully saturated rings. The summed E-state index contributed by atoms with van der Waals surface area (Å²) in [5.74, 6) is 0.0585. The van der Waals surface area contributed by atoms with Gasteiger partial charge in [-0.05, 0) is 33.4 Å². The quantitative estimate of drug-likeness (QED) is 0.121. The van der Waals surface area contributed by atoms with E-state index in [2.05, 4.69) is 83.1 Å². The Labute approximate surface area is 289 Å². The van der Waals surface area contributed by atoms with Crippen LogP contribution in [0.25, 0.3) is 0 Å². The first-order valence-electron chi connectivity index (χ1n) is 17.0. The molecule has 49 heavy (non-hydrogen) atoms. The largest absolute Gasteiger partial charge is 0.392 e. The van der Waals surface area contributed by atoms with E-state index in [1.807, 2.05) is 78.9 Å². The minimum absolute atomic E-state index is 0.000454. The molecular formula is C42H45N3O4. The number of carbonyl (C=O) groups is 1. The van der Waals surface area contributed by atoms with Crippen LogP contribution in [0, 0.1) is 5.92 Å². The first-order chi connectivity index (χ1) is 24.0. The van der Waals surface area contributed by atoms with Crippen LogP contribution in [0.3, 0.4) is 0 Å². The average molecular weight is 656 g/mol. The molecule has 3 N–H and O–H groups in total. The van der Waals surface area contributed by atoms with Gasteiger partial charge in [-0.2, -0.15) is 0 Å². The van der Waals surface area contributed by atoms with Crippen molar-refractivity contribution in [2.45, 2.75) is 58.2 Å². The Hall–Kier alpha value is -4.79. The molecule has 0 aromatic heterocycles. The second-order valence-corrected chi connectivity index (χ2v) is 12.7. The zero-order chi connectivity index (χ0) is 33.8. The molecule has 5 aromatic carbocycles. The van der Waals surface area contributed by atoms with Crippen molar-refractivity contribution in [2.75, 3.05) is 6.54 Å². The molecule has 0 unspecified atom stereocenters. The third-order valence-corrected chi connectivity index (χ3v) is 9.06. The maximum absolute atomic E-state index is 12.4. The van der Waals surface area contributed by atoms with Crippen LogP contribution in [-0.2, 0) is 42.3 Å². The molecule has 6 rings (SSSR count). The minimum Gasteiger partial charge on any atom is -0.392 e. The van der Waals surface area contributed by atoms with Gasteiger partial charge >= 0.3 is 6.03 Å². The van der Waals surface area contributed by atoms with Crippen molar-refractivity contribution in [1.29, 1.82) is 0 Å². The van der Waals surface area contributed by atoms with Gasteiger partial charge in [0.15, 0.2) is 6.29 Å².